The third kappa shape index (κ3) is 2.84. The summed E-state index contributed by atoms with van der Waals surface area (Å²) in [5, 5.41) is 13.5. The van der Waals surface area contributed by atoms with E-state index in [0.29, 0.717) is 5.56 Å². The highest BCUT2D eigenvalue weighted by molar-refractivity contribution is 6.01. The van der Waals surface area contributed by atoms with E-state index in [-0.39, 0.29) is 18.1 Å². The van der Waals surface area contributed by atoms with E-state index in [1.807, 2.05) is 30.3 Å². The number of para-hydroxylation sites is 1. The topological polar surface area (TPSA) is 62.2 Å². The van der Waals surface area contributed by atoms with Crippen LogP contribution in [0.25, 0.3) is 10.9 Å². The van der Waals surface area contributed by atoms with Crippen LogP contribution in [-0.4, -0.2) is 16.0 Å². The number of fused-ring (bicyclic) bond motifs is 1. The third-order valence-electron chi connectivity index (χ3n) is 3.26. The van der Waals surface area contributed by atoms with E-state index in [1.54, 1.807) is 30.5 Å². The van der Waals surface area contributed by atoms with Crippen molar-refractivity contribution in [1.82, 2.24) is 4.98 Å². The van der Waals surface area contributed by atoms with Crippen LogP contribution in [0.2, 0.25) is 0 Å². The monoisotopic (exact) mass is 278 g/mol. The SMILES string of the molecule is O=C(Cc1ccccc1O)Nc1cccc2ncccc12. The zero-order valence-corrected chi connectivity index (χ0v) is 11.3. The van der Waals surface area contributed by atoms with Crippen LogP contribution in [0.15, 0.2) is 60.8 Å². The zero-order valence-electron chi connectivity index (χ0n) is 11.3. The molecule has 4 nitrogen and oxygen atoms in total. The van der Waals surface area contributed by atoms with Gasteiger partial charge in [-0.05, 0) is 30.3 Å². The van der Waals surface area contributed by atoms with Crippen LogP contribution in [0, 0.1) is 0 Å². The Kier molecular flexibility index (Phi) is 3.51. The van der Waals surface area contributed by atoms with Gasteiger partial charge in [-0.2, -0.15) is 0 Å². The van der Waals surface area contributed by atoms with E-state index in [9.17, 15) is 9.90 Å². The minimum Gasteiger partial charge on any atom is -0.508 e. The van der Waals surface area contributed by atoms with Crippen molar-refractivity contribution in [3.63, 3.8) is 0 Å². The van der Waals surface area contributed by atoms with Crippen molar-refractivity contribution in [2.24, 2.45) is 0 Å². The zero-order chi connectivity index (χ0) is 14.7. The maximum Gasteiger partial charge on any atom is 0.228 e. The minimum atomic E-state index is -0.173. The summed E-state index contributed by atoms with van der Waals surface area (Å²) in [6, 6.07) is 16.2. The molecule has 4 heteroatoms. The largest absolute Gasteiger partial charge is 0.508 e. The predicted octanol–water partition coefficient (Wildman–Crippen LogP) is 3.12. The third-order valence-corrected chi connectivity index (χ3v) is 3.26. The normalized spacial score (nSPS) is 10.5. The number of anilines is 1. The van der Waals surface area contributed by atoms with Gasteiger partial charge in [0.15, 0.2) is 0 Å². The summed E-state index contributed by atoms with van der Waals surface area (Å²) in [6.45, 7) is 0. The lowest BCUT2D eigenvalue weighted by Crippen LogP contribution is -2.14. The molecular formula is C17H14N2O2. The van der Waals surface area contributed by atoms with Gasteiger partial charge in [-0.25, -0.2) is 0 Å². The molecule has 0 saturated carbocycles. The van der Waals surface area contributed by atoms with Crippen LogP contribution in [0.4, 0.5) is 5.69 Å². The highest BCUT2D eigenvalue weighted by atomic mass is 16.3. The van der Waals surface area contributed by atoms with Gasteiger partial charge in [0.25, 0.3) is 0 Å². The smallest absolute Gasteiger partial charge is 0.228 e. The number of phenolic OH excluding ortho intramolecular Hbond substituents is 1. The van der Waals surface area contributed by atoms with Crippen molar-refractivity contribution in [2.75, 3.05) is 5.32 Å². The Hall–Kier alpha value is -2.88. The number of nitrogens with one attached hydrogen (secondary N) is 1. The molecule has 3 aromatic rings. The van der Waals surface area contributed by atoms with Gasteiger partial charge >= 0.3 is 0 Å². The molecule has 0 spiro atoms. The first-order valence-electron chi connectivity index (χ1n) is 6.64. The van der Waals surface area contributed by atoms with Gasteiger partial charge in [0.1, 0.15) is 5.75 Å². The van der Waals surface area contributed by atoms with Gasteiger partial charge in [-0.1, -0.05) is 24.3 Å². The van der Waals surface area contributed by atoms with Crippen LogP contribution in [0.5, 0.6) is 5.75 Å². The summed E-state index contributed by atoms with van der Waals surface area (Å²) in [5.41, 5.74) is 2.16. The molecule has 0 saturated heterocycles. The molecule has 1 aromatic heterocycles. The predicted molar refractivity (Wildman–Crippen MR) is 82.2 cm³/mol. The Morgan fingerprint density at radius 1 is 1.05 bits per heavy atom. The van der Waals surface area contributed by atoms with Gasteiger partial charge in [-0.3, -0.25) is 9.78 Å². The van der Waals surface area contributed by atoms with Crippen molar-refractivity contribution < 1.29 is 9.90 Å². The second kappa shape index (κ2) is 5.63. The first-order chi connectivity index (χ1) is 10.2. The van der Waals surface area contributed by atoms with Gasteiger partial charge in [-0.15, -0.1) is 0 Å². The fourth-order valence-electron chi connectivity index (χ4n) is 2.24. The fourth-order valence-corrected chi connectivity index (χ4v) is 2.24. The van der Waals surface area contributed by atoms with Crippen LogP contribution in [-0.2, 0) is 11.2 Å². The van der Waals surface area contributed by atoms with Crippen molar-refractivity contribution in [1.29, 1.82) is 0 Å². The first-order valence-corrected chi connectivity index (χ1v) is 6.64. The number of benzene rings is 2. The number of amides is 1. The fraction of sp³-hybridized carbons (Fsp3) is 0.0588. The number of rotatable bonds is 3. The van der Waals surface area contributed by atoms with Crippen molar-refractivity contribution in [3.8, 4) is 5.75 Å². The molecule has 2 N–H and O–H groups in total. The average molecular weight is 278 g/mol. The van der Waals surface area contributed by atoms with Crippen LogP contribution in [0.3, 0.4) is 0 Å². The number of phenols is 1. The Balaban J connectivity index is 1.82. The maximum atomic E-state index is 12.1. The molecule has 2 aromatic carbocycles. The van der Waals surface area contributed by atoms with E-state index in [0.717, 1.165) is 16.6 Å². The lowest BCUT2D eigenvalue weighted by atomic mass is 10.1. The van der Waals surface area contributed by atoms with E-state index in [4.69, 9.17) is 0 Å². The number of nitrogens with zero attached hydrogens (tertiary/aromatic N) is 1. The quantitative estimate of drug-likeness (QED) is 0.773. The van der Waals surface area contributed by atoms with Crippen molar-refractivity contribution in [3.05, 3.63) is 66.4 Å². The standard InChI is InChI=1S/C17H14N2O2/c20-16-9-2-1-5-12(16)11-17(21)19-15-8-3-7-14-13(15)6-4-10-18-14/h1-10,20H,11H2,(H,19,21). The number of carbonyl (C=O) groups is 1. The molecule has 0 fully saturated rings. The second-order valence-electron chi connectivity index (χ2n) is 4.73. The molecule has 0 radical (unpaired) electrons. The minimum absolute atomic E-state index is 0.128. The molecule has 104 valence electrons. The lowest BCUT2D eigenvalue weighted by Gasteiger charge is -2.09. The summed E-state index contributed by atoms with van der Waals surface area (Å²) in [6.07, 6.45) is 1.85. The van der Waals surface area contributed by atoms with E-state index >= 15 is 0 Å². The van der Waals surface area contributed by atoms with Gasteiger partial charge in [0.2, 0.25) is 5.91 Å². The molecule has 0 unspecified atom stereocenters. The summed E-state index contributed by atoms with van der Waals surface area (Å²) >= 11 is 0. The molecule has 21 heavy (non-hydrogen) atoms. The second-order valence-corrected chi connectivity index (χ2v) is 4.73. The van der Waals surface area contributed by atoms with Crippen molar-refractivity contribution in [2.45, 2.75) is 6.42 Å². The Bertz CT molecular complexity index is 794. The van der Waals surface area contributed by atoms with Crippen molar-refractivity contribution >= 4 is 22.5 Å². The van der Waals surface area contributed by atoms with E-state index in [1.165, 1.54) is 0 Å². The molecule has 1 amide bonds. The highest BCUT2D eigenvalue weighted by Gasteiger charge is 2.09. The average Bonchev–Trinajstić information content (AvgIpc) is 2.50. The van der Waals surface area contributed by atoms with Crippen LogP contribution < -0.4 is 5.32 Å². The molecule has 1 heterocycles. The molecule has 3 rings (SSSR count). The Morgan fingerprint density at radius 3 is 2.76 bits per heavy atom. The molecule has 0 atom stereocenters. The summed E-state index contributed by atoms with van der Waals surface area (Å²) < 4.78 is 0. The van der Waals surface area contributed by atoms with Gasteiger partial charge in [0.05, 0.1) is 17.6 Å². The Labute approximate surface area is 122 Å². The number of hydrogen-bond acceptors (Lipinski definition) is 3. The van der Waals surface area contributed by atoms with E-state index < -0.39 is 0 Å². The summed E-state index contributed by atoms with van der Waals surface area (Å²) in [4.78, 5) is 16.4. The molecule has 0 bridgehead atoms. The van der Waals surface area contributed by atoms with Gasteiger partial charge in [0, 0.05) is 17.1 Å². The summed E-state index contributed by atoms with van der Waals surface area (Å²) in [5.74, 6) is -0.0416. The molecule has 0 aliphatic rings. The number of pyridine rings is 1. The number of aromatic nitrogens is 1. The number of aromatic hydroxyl groups is 1. The maximum absolute atomic E-state index is 12.1. The van der Waals surface area contributed by atoms with Gasteiger partial charge < -0.3 is 10.4 Å². The highest BCUT2D eigenvalue weighted by Crippen LogP contribution is 2.22. The van der Waals surface area contributed by atoms with Crippen LogP contribution >= 0.6 is 0 Å². The summed E-state index contributed by atoms with van der Waals surface area (Å²) in [7, 11) is 0. The number of hydrogen-bond donors (Lipinski definition) is 2. The first kappa shape index (κ1) is 13.1. The van der Waals surface area contributed by atoms with Crippen LogP contribution in [0.1, 0.15) is 5.56 Å². The molecular weight excluding hydrogens is 264 g/mol. The Morgan fingerprint density at radius 2 is 1.90 bits per heavy atom. The number of carbonyl (C=O) groups excluding carboxylic acids is 1. The van der Waals surface area contributed by atoms with E-state index in [2.05, 4.69) is 10.3 Å². The lowest BCUT2D eigenvalue weighted by molar-refractivity contribution is -0.115. The molecule has 0 aliphatic carbocycles. The molecule has 0 aliphatic heterocycles.